The molecule has 1 aliphatic rings. The number of fused-ring (bicyclic) bond motifs is 2. The summed E-state index contributed by atoms with van der Waals surface area (Å²) >= 11 is 0. The number of hydrogen-bond donors (Lipinski definition) is 3. The smallest absolute Gasteiger partial charge is 0.289 e. The highest BCUT2D eigenvalue weighted by molar-refractivity contribution is 5.95. The van der Waals surface area contributed by atoms with E-state index >= 15 is 0 Å². The van der Waals surface area contributed by atoms with Crippen molar-refractivity contribution < 1.29 is 14.3 Å². The highest BCUT2D eigenvalue weighted by atomic mass is 16.5. The van der Waals surface area contributed by atoms with E-state index in [4.69, 9.17) is 10.6 Å². The predicted octanol–water partition coefficient (Wildman–Crippen LogP) is 0.371. The molecule has 4 N–H and O–H groups in total. The van der Waals surface area contributed by atoms with Gasteiger partial charge in [-0.15, -0.1) is 0 Å². The van der Waals surface area contributed by atoms with E-state index in [1.165, 1.54) is 0 Å². The first-order valence-corrected chi connectivity index (χ1v) is 8.13. The van der Waals surface area contributed by atoms with Gasteiger partial charge in [-0.1, -0.05) is 18.2 Å². The molecular weight excluding hydrogens is 350 g/mol. The fourth-order valence-electron chi connectivity index (χ4n) is 2.80. The number of nitrogens with one attached hydrogen (secondary N) is 2. The van der Waals surface area contributed by atoms with Crippen molar-refractivity contribution in [1.29, 1.82) is 0 Å². The van der Waals surface area contributed by atoms with Gasteiger partial charge in [0.2, 0.25) is 5.82 Å². The maximum absolute atomic E-state index is 12.5. The van der Waals surface area contributed by atoms with Crippen LogP contribution in [0.1, 0.15) is 16.2 Å². The molecule has 2 aromatic carbocycles. The van der Waals surface area contributed by atoms with E-state index < -0.39 is 11.5 Å². The van der Waals surface area contributed by atoms with Crippen molar-refractivity contribution in [2.45, 2.75) is 6.54 Å². The van der Waals surface area contributed by atoms with Crippen LogP contribution >= 0.6 is 0 Å². The molecule has 0 bridgehead atoms. The number of carbonyl (C=O) groups is 2. The molecule has 9 heteroatoms. The zero-order chi connectivity index (χ0) is 19.0. The molecule has 2 amide bonds. The summed E-state index contributed by atoms with van der Waals surface area (Å²) in [6.07, 6.45) is 0. The van der Waals surface area contributed by atoms with Crippen LogP contribution in [-0.2, 0) is 11.3 Å². The van der Waals surface area contributed by atoms with Crippen molar-refractivity contribution in [3.63, 3.8) is 0 Å². The fourth-order valence-corrected chi connectivity index (χ4v) is 2.80. The molecule has 3 aromatic rings. The number of aromatic nitrogens is 2. The molecule has 9 nitrogen and oxygen atoms in total. The summed E-state index contributed by atoms with van der Waals surface area (Å²) in [5, 5.41) is 5.71. The molecule has 1 aliphatic heterocycles. The Morgan fingerprint density at radius 3 is 2.93 bits per heavy atom. The van der Waals surface area contributed by atoms with Crippen LogP contribution in [0, 0.1) is 0 Å². The minimum atomic E-state index is -0.577. The van der Waals surface area contributed by atoms with Crippen molar-refractivity contribution in [2.75, 3.05) is 17.8 Å². The number of amides is 2. The van der Waals surface area contributed by atoms with Crippen LogP contribution in [0.4, 0.5) is 5.69 Å². The maximum atomic E-state index is 12.5. The van der Waals surface area contributed by atoms with Gasteiger partial charge in [-0.3, -0.25) is 14.4 Å². The Labute approximate surface area is 152 Å². The number of rotatable bonds is 3. The number of nitrogens with zero attached hydrogens (tertiary/aromatic N) is 2. The topological polar surface area (TPSA) is 128 Å². The molecule has 1 aromatic heterocycles. The number of ether oxygens (including phenoxy) is 1. The number of para-hydroxylation sites is 1. The average molecular weight is 365 g/mol. The third-order valence-electron chi connectivity index (χ3n) is 4.14. The van der Waals surface area contributed by atoms with Crippen LogP contribution in [0.5, 0.6) is 5.75 Å². The first-order valence-electron chi connectivity index (χ1n) is 8.13. The predicted molar refractivity (Wildman–Crippen MR) is 97.9 cm³/mol. The quantitative estimate of drug-likeness (QED) is 0.575. The van der Waals surface area contributed by atoms with E-state index in [1.807, 2.05) is 0 Å². The lowest BCUT2D eigenvalue weighted by atomic mass is 10.1. The number of hydrogen-bond acceptors (Lipinski definition) is 6. The van der Waals surface area contributed by atoms with Gasteiger partial charge >= 0.3 is 0 Å². The maximum Gasteiger partial charge on any atom is 0.289 e. The SMILES string of the molecule is Nn1c(C(=O)NCc2ccc3c(c2)OCC(=O)N3)nc2ccccc2c1=O. The van der Waals surface area contributed by atoms with Crippen molar-refractivity contribution in [3.05, 3.63) is 64.2 Å². The Hall–Kier alpha value is -3.88. The summed E-state index contributed by atoms with van der Waals surface area (Å²) in [6.45, 7) is 0.120. The zero-order valence-electron chi connectivity index (χ0n) is 14.1. The number of carbonyl (C=O) groups excluding carboxylic acids is 2. The van der Waals surface area contributed by atoms with Crippen LogP contribution in [0.15, 0.2) is 47.3 Å². The third kappa shape index (κ3) is 3.06. The van der Waals surface area contributed by atoms with E-state index in [0.717, 1.165) is 10.2 Å². The fraction of sp³-hybridized carbons (Fsp3) is 0.111. The van der Waals surface area contributed by atoms with Gasteiger partial charge in [-0.2, -0.15) is 0 Å². The molecule has 0 spiro atoms. The number of nitrogen functional groups attached to an aromatic ring is 1. The molecule has 0 unspecified atom stereocenters. The lowest BCUT2D eigenvalue weighted by Crippen LogP contribution is -2.37. The number of benzene rings is 2. The molecule has 0 saturated carbocycles. The summed E-state index contributed by atoms with van der Waals surface area (Å²) in [5.74, 6) is 5.30. The minimum Gasteiger partial charge on any atom is -0.482 e. The number of anilines is 1. The molecule has 0 atom stereocenters. The second-order valence-corrected chi connectivity index (χ2v) is 5.98. The summed E-state index contributed by atoms with van der Waals surface area (Å²) in [7, 11) is 0. The van der Waals surface area contributed by atoms with Gasteiger partial charge < -0.3 is 21.2 Å². The van der Waals surface area contributed by atoms with Crippen molar-refractivity contribution in [1.82, 2.24) is 15.0 Å². The Balaban J connectivity index is 1.55. The van der Waals surface area contributed by atoms with E-state index in [-0.39, 0.29) is 24.9 Å². The van der Waals surface area contributed by atoms with Gasteiger partial charge in [0.1, 0.15) is 5.75 Å². The first kappa shape index (κ1) is 16.6. The van der Waals surface area contributed by atoms with Crippen LogP contribution in [0.25, 0.3) is 10.9 Å². The molecular formula is C18H15N5O4. The van der Waals surface area contributed by atoms with Crippen molar-refractivity contribution in [3.8, 4) is 5.75 Å². The lowest BCUT2D eigenvalue weighted by molar-refractivity contribution is -0.118. The Morgan fingerprint density at radius 2 is 2.07 bits per heavy atom. The average Bonchev–Trinajstić information content (AvgIpc) is 2.68. The van der Waals surface area contributed by atoms with Crippen molar-refractivity contribution in [2.24, 2.45) is 0 Å². The third-order valence-corrected chi connectivity index (χ3v) is 4.14. The minimum absolute atomic E-state index is 0.0523. The second kappa shape index (κ2) is 6.45. The van der Waals surface area contributed by atoms with Gasteiger partial charge in [0.05, 0.1) is 16.6 Å². The van der Waals surface area contributed by atoms with Crippen LogP contribution in [0.3, 0.4) is 0 Å². The van der Waals surface area contributed by atoms with E-state index in [9.17, 15) is 14.4 Å². The van der Waals surface area contributed by atoms with Crippen molar-refractivity contribution >= 4 is 28.4 Å². The second-order valence-electron chi connectivity index (χ2n) is 5.98. The number of nitrogens with two attached hydrogens (primary N) is 1. The first-order chi connectivity index (χ1) is 13.0. The molecule has 4 rings (SSSR count). The Kier molecular flexibility index (Phi) is 3.96. The largest absolute Gasteiger partial charge is 0.482 e. The summed E-state index contributed by atoms with van der Waals surface area (Å²) in [6, 6.07) is 11.8. The van der Waals surface area contributed by atoms with Gasteiger partial charge in [0.15, 0.2) is 6.61 Å². The highest BCUT2D eigenvalue weighted by Crippen LogP contribution is 2.28. The van der Waals surface area contributed by atoms with Gasteiger partial charge in [0, 0.05) is 6.54 Å². The zero-order valence-corrected chi connectivity index (χ0v) is 14.1. The Morgan fingerprint density at radius 1 is 1.26 bits per heavy atom. The van der Waals surface area contributed by atoms with Gasteiger partial charge in [-0.05, 0) is 29.8 Å². The summed E-state index contributed by atoms with van der Waals surface area (Å²) in [4.78, 5) is 40.2. The molecule has 0 fully saturated rings. The molecule has 0 saturated heterocycles. The lowest BCUT2D eigenvalue weighted by Gasteiger charge is -2.18. The van der Waals surface area contributed by atoms with E-state index in [1.54, 1.807) is 42.5 Å². The summed E-state index contributed by atoms with van der Waals surface area (Å²) in [5.41, 5.74) is 1.23. The van der Waals surface area contributed by atoms with Crippen LogP contribution in [-0.4, -0.2) is 28.1 Å². The molecule has 0 aliphatic carbocycles. The Bertz CT molecular complexity index is 1140. The van der Waals surface area contributed by atoms with Crippen LogP contribution in [0.2, 0.25) is 0 Å². The van der Waals surface area contributed by atoms with E-state index in [0.29, 0.717) is 22.3 Å². The van der Waals surface area contributed by atoms with Crippen LogP contribution < -0.4 is 26.8 Å². The monoisotopic (exact) mass is 365 g/mol. The van der Waals surface area contributed by atoms with E-state index in [2.05, 4.69) is 15.6 Å². The standard InChI is InChI=1S/C18H15N5O4/c19-23-16(22-12-4-2-1-3-11(12)18(23)26)17(25)20-8-10-5-6-13-14(7-10)27-9-15(24)21-13/h1-7H,8-9,19H2,(H,20,25)(H,21,24). The molecule has 2 heterocycles. The molecule has 0 radical (unpaired) electrons. The van der Waals surface area contributed by atoms with Gasteiger partial charge in [0.25, 0.3) is 17.4 Å². The normalized spacial score (nSPS) is 12.8. The summed E-state index contributed by atoms with van der Waals surface area (Å²) < 4.78 is 6.09. The molecule has 27 heavy (non-hydrogen) atoms. The highest BCUT2D eigenvalue weighted by Gasteiger charge is 2.18. The molecule has 136 valence electrons. The van der Waals surface area contributed by atoms with Gasteiger partial charge in [-0.25, -0.2) is 9.66 Å².